The number of methoxy groups -OCH3 is 1. The molecule has 0 bridgehead atoms. The van der Waals surface area contributed by atoms with Gasteiger partial charge in [0, 0.05) is 38.9 Å². The molecule has 7 heteroatoms. The van der Waals surface area contributed by atoms with Gasteiger partial charge in [0.25, 0.3) is 0 Å². The predicted molar refractivity (Wildman–Crippen MR) is 136 cm³/mol. The van der Waals surface area contributed by atoms with Crippen molar-refractivity contribution >= 4 is 5.82 Å². The van der Waals surface area contributed by atoms with Crippen LogP contribution in [-0.2, 0) is 6.54 Å². The fraction of sp³-hybridized carbons (Fsp3) is 0.593. The number of rotatable bonds is 10. The van der Waals surface area contributed by atoms with Crippen LogP contribution in [0.2, 0.25) is 0 Å². The number of nitrogens with zero attached hydrogens (tertiary/aromatic N) is 4. The summed E-state index contributed by atoms with van der Waals surface area (Å²) in [4.78, 5) is 11.2. The van der Waals surface area contributed by atoms with Crippen LogP contribution in [0.25, 0.3) is 0 Å². The van der Waals surface area contributed by atoms with Crippen LogP contribution in [0.4, 0.5) is 5.82 Å². The van der Waals surface area contributed by atoms with Gasteiger partial charge in [0.2, 0.25) is 0 Å². The Hall–Kier alpha value is -2.35. The summed E-state index contributed by atoms with van der Waals surface area (Å²) in [5.41, 5.74) is 0.394. The zero-order valence-electron chi connectivity index (χ0n) is 20.9. The van der Waals surface area contributed by atoms with Crippen molar-refractivity contribution in [1.82, 2.24) is 14.8 Å². The molecular formula is C27H40N4O3. The van der Waals surface area contributed by atoms with E-state index in [1.54, 1.807) is 13.3 Å². The lowest BCUT2D eigenvalue weighted by molar-refractivity contribution is 0.0279. The van der Waals surface area contributed by atoms with Crippen LogP contribution in [0, 0.1) is 5.92 Å². The van der Waals surface area contributed by atoms with Crippen LogP contribution >= 0.6 is 0 Å². The quantitative estimate of drug-likeness (QED) is 0.574. The summed E-state index contributed by atoms with van der Waals surface area (Å²) in [6, 6.07) is 12.1. The number of pyridine rings is 1. The maximum atomic E-state index is 11.2. The lowest BCUT2D eigenvalue weighted by Crippen LogP contribution is -2.43. The van der Waals surface area contributed by atoms with Crippen molar-refractivity contribution in [3.63, 3.8) is 0 Å². The molecule has 2 fully saturated rings. The van der Waals surface area contributed by atoms with Crippen molar-refractivity contribution < 1.29 is 14.6 Å². The molecule has 0 unspecified atom stereocenters. The number of aliphatic hydroxyl groups is 1. The summed E-state index contributed by atoms with van der Waals surface area (Å²) in [5, 5.41) is 11.2. The fourth-order valence-corrected chi connectivity index (χ4v) is 5.09. The van der Waals surface area contributed by atoms with E-state index in [-0.39, 0.29) is 0 Å². The molecule has 34 heavy (non-hydrogen) atoms. The number of hydrogen-bond donors (Lipinski definition) is 1. The van der Waals surface area contributed by atoms with Crippen molar-refractivity contribution in [2.75, 3.05) is 64.9 Å². The average molecular weight is 469 g/mol. The smallest absolute Gasteiger partial charge is 0.161 e. The highest BCUT2D eigenvalue weighted by Crippen LogP contribution is 2.30. The maximum Gasteiger partial charge on any atom is 0.161 e. The first-order chi connectivity index (χ1) is 16.4. The molecule has 0 spiro atoms. The van der Waals surface area contributed by atoms with Crippen LogP contribution < -0.4 is 14.4 Å². The normalized spacial score (nSPS) is 21.9. The predicted octanol–water partition coefficient (Wildman–Crippen LogP) is 3.27. The van der Waals surface area contributed by atoms with Crippen LogP contribution in [0.3, 0.4) is 0 Å². The minimum absolute atomic E-state index is 0.598. The third kappa shape index (κ3) is 6.62. The largest absolute Gasteiger partial charge is 0.493 e. The second-order valence-corrected chi connectivity index (χ2v) is 10.1. The number of anilines is 1. The van der Waals surface area contributed by atoms with E-state index in [2.05, 4.69) is 39.7 Å². The lowest BCUT2D eigenvalue weighted by atomic mass is 9.99. The van der Waals surface area contributed by atoms with Gasteiger partial charge in [-0.05, 0) is 75.1 Å². The van der Waals surface area contributed by atoms with E-state index in [9.17, 15) is 5.11 Å². The Kier molecular flexibility index (Phi) is 8.29. The average Bonchev–Trinajstić information content (AvgIpc) is 3.23. The molecular weight excluding hydrogens is 428 g/mol. The number of piperidine rings is 1. The standard InChI is InChI=1S/C27H40N4O3/c1-22-9-13-30(14-10-22)16-17-34-24-8-7-23(18-25(24)33-3)19-29(2)20-27(32)11-15-31(21-27)26-6-4-5-12-28-26/h4-8,12,18,22,32H,9-11,13-17,19-21H2,1-3H3/t27-/m0/s1. The summed E-state index contributed by atoms with van der Waals surface area (Å²) in [6.45, 7) is 9.04. The summed E-state index contributed by atoms with van der Waals surface area (Å²) in [7, 11) is 3.74. The van der Waals surface area contributed by atoms with E-state index in [1.807, 2.05) is 30.3 Å². The van der Waals surface area contributed by atoms with Gasteiger partial charge in [0.05, 0.1) is 12.7 Å². The Morgan fingerprint density at radius 2 is 1.97 bits per heavy atom. The number of hydrogen-bond acceptors (Lipinski definition) is 7. The zero-order valence-corrected chi connectivity index (χ0v) is 20.9. The van der Waals surface area contributed by atoms with E-state index in [0.29, 0.717) is 19.7 Å². The summed E-state index contributed by atoms with van der Waals surface area (Å²) in [5.74, 6) is 3.33. The summed E-state index contributed by atoms with van der Waals surface area (Å²) >= 11 is 0. The molecule has 0 aliphatic carbocycles. The molecule has 2 saturated heterocycles. The van der Waals surface area contributed by atoms with Crippen molar-refractivity contribution in [2.24, 2.45) is 5.92 Å². The number of likely N-dealkylation sites (N-methyl/N-ethyl adjacent to an activating group) is 1. The van der Waals surface area contributed by atoms with Gasteiger partial charge < -0.3 is 19.5 Å². The second-order valence-electron chi connectivity index (χ2n) is 10.1. The van der Waals surface area contributed by atoms with Gasteiger partial charge in [-0.1, -0.05) is 19.1 Å². The molecule has 186 valence electrons. The van der Waals surface area contributed by atoms with Crippen LogP contribution in [0.5, 0.6) is 11.5 Å². The van der Waals surface area contributed by atoms with E-state index in [4.69, 9.17) is 9.47 Å². The van der Waals surface area contributed by atoms with Gasteiger partial charge in [0.15, 0.2) is 11.5 Å². The molecule has 7 nitrogen and oxygen atoms in total. The molecule has 2 aliphatic rings. The van der Waals surface area contributed by atoms with Gasteiger partial charge in [-0.15, -0.1) is 0 Å². The Balaban J connectivity index is 1.27. The van der Waals surface area contributed by atoms with Crippen LogP contribution in [0.1, 0.15) is 31.7 Å². The number of β-amino-alcohol motifs (C(OH)–C–C–N with tert-alkyl or cyclic N) is 1. The van der Waals surface area contributed by atoms with E-state index < -0.39 is 5.60 Å². The van der Waals surface area contributed by atoms with E-state index in [1.165, 1.54) is 25.9 Å². The number of benzene rings is 1. The molecule has 1 aromatic carbocycles. The molecule has 1 aromatic heterocycles. The zero-order chi connectivity index (χ0) is 24.0. The number of likely N-dealkylation sites (tertiary alicyclic amines) is 1. The van der Waals surface area contributed by atoms with Crippen LogP contribution in [-0.4, -0.2) is 85.5 Å². The lowest BCUT2D eigenvalue weighted by Gasteiger charge is -2.30. The Bertz CT molecular complexity index is 904. The van der Waals surface area contributed by atoms with Crippen molar-refractivity contribution in [3.05, 3.63) is 48.2 Å². The minimum Gasteiger partial charge on any atom is -0.493 e. The number of ether oxygens (including phenoxy) is 2. The molecule has 3 heterocycles. The molecule has 0 radical (unpaired) electrons. The SMILES string of the molecule is COc1cc(CN(C)C[C@@]2(O)CCN(c3ccccn3)C2)ccc1OCCN1CCC(C)CC1. The third-order valence-corrected chi connectivity index (χ3v) is 7.09. The van der Waals surface area contributed by atoms with Gasteiger partial charge >= 0.3 is 0 Å². The molecule has 2 aliphatic heterocycles. The molecule has 1 atom stereocenters. The summed E-state index contributed by atoms with van der Waals surface area (Å²) in [6.07, 6.45) is 5.09. The first kappa shape index (κ1) is 24.8. The van der Waals surface area contributed by atoms with Crippen molar-refractivity contribution in [2.45, 2.75) is 38.3 Å². The van der Waals surface area contributed by atoms with E-state index in [0.717, 1.165) is 54.9 Å². The molecule has 0 saturated carbocycles. The van der Waals surface area contributed by atoms with Gasteiger partial charge in [-0.25, -0.2) is 4.98 Å². The first-order valence-electron chi connectivity index (χ1n) is 12.5. The fourth-order valence-electron chi connectivity index (χ4n) is 5.09. The topological polar surface area (TPSA) is 61.3 Å². The highest BCUT2D eigenvalue weighted by Gasteiger charge is 2.37. The van der Waals surface area contributed by atoms with Crippen molar-refractivity contribution in [3.8, 4) is 11.5 Å². The minimum atomic E-state index is -0.744. The second kappa shape index (κ2) is 11.4. The third-order valence-electron chi connectivity index (χ3n) is 7.09. The highest BCUT2D eigenvalue weighted by molar-refractivity contribution is 5.43. The Labute approximate surface area is 204 Å². The van der Waals surface area contributed by atoms with Crippen LogP contribution in [0.15, 0.2) is 42.6 Å². The number of aromatic nitrogens is 1. The highest BCUT2D eigenvalue weighted by atomic mass is 16.5. The Morgan fingerprint density at radius 3 is 2.71 bits per heavy atom. The molecule has 2 aromatic rings. The molecule has 1 N–H and O–H groups in total. The first-order valence-corrected chi connectivity index (χ1v) is 12.5. The monoisotopic (exact) mass is 468 g/mol. The molecule has 4 rings (SSSR count). The van der Waals surface area contributed by atoms with Crippen molar-refractivity contribution in [1.29, 1.82) is 0 Å². The summed E-state index contributed by atoms with van der Waals surface area (Å²) < 4.78 is 11.7. The maximum absolute atomic E-state index is 11.2. The van der Waals surface area contributed by atoms with Gasteiger partial charge in [0.1, 0.15) is 12.4 Å². The Morgan fingerprint density at radius 1 is 1.15 bits per heavy atom. The van der Waals surface area contributed by atoms with Gasteiger partial charge in [-0.3, -0.25) is 9.80 Å². The molecule has 0 amide bonds. The van der Waals surface area contributed by atoms with E-state index >= 15 is 0 Å². The van der Waals surface area contributed by atoms with Gasteiger partial charge in [-0.2, -0.15) is 0 Å².